The minimum absolute atomic E-state index is 0.386. The van der Waals surface area contributed by atoms with Gasteiger partial charge in [0.15, 0.2) is 5.96 Å². The van der Waals surface area contributed by atoms with Crippen molar-refractivity contribution in [2.24, 2.45) is 4.99 Å². The minimum atomic E-state index is -0.676. The van der Waals surface area contributed by atoms with Gasteiger partial charge in [0.2, 0.25) is 0 Å². The Hall–Kier alpha value is -0.810. The van der Waals surface area contributed by atoms with Gasteiger partial charge in [-0.05, 0) is 39.5 Å². The summed E-state index contributed by atoms with van der Waals surface area (Å²) in [5.41, 5.74) is -0.676. The molecule has 124 valence electrons. The summed E-state index contributed by atoms with van der Waals surface area (Å²) in [6.07, 6.45) is 3.95. The summed E-state index contributed by atoms with van der Waals surface area (Å²) in [5, 5.41) is 13.7. The lowest BCUT2D eigenvalue weighted by Gasteiger charge is -2.34. The van der Waals surface area contributed by atoms with Crippen LogP contribution in [0, 0.1) is 0 Å². The van der Waals surface area contributed by atoms with Crippen LogP contribution in [-0.2, 0) is 4.74 Å². The first kappa shape index (κ1) is 18.2. The lowest BCUT2D eigenvalue weighted by atomic mass is 9.98. The molecule has 0 aromatic carbocycles. The number of ether oxygens (including phenoxy) is 1. The van der Waals surface area contributed by atoms with Gasteiger partial charge in [-0.1, -0.05) is 13.8 Å². The summed E-state index contributed by atoms with van der Waals surface area (Å²) < 4.78 is 5.69. The standard InChI is InChI=1S/C16H33N3O2/c1-5-16(20,6-2)13-18-15(17-7-3)19-11-9-14(10-12-19)21-8-4/h14,20H,5-13H2,1-4H3,(H,17,18). The molecule has 0 saturated carbocycles. The molecule has 0 atom stereocenters. The monoisotopic (exact) mass is 299 g/mol. The summed E-state index contributed by atoms with van der Waals surface area (Å²) in [5.74, 6) is 0.924. The molecular weight excluding hydrogens is 266 g/mol. The molecule has 1 aliphatic rings. The predicted octanol–water partition coefficient (Wildman–Crippen LogP) is 2.00. The van der Waals surface area contributed by atoms with Crippen molar-refractivity contribution < 1.29 is 9.84 Å². The summed E-state index contributed by atoms with van der Waals surface area (Å²) in [6.45, 7) is 12.2. The van der Waals surface area contributed by atoms with Crippen LogP contribution < -0.4 is 5.32 Å². The van der Waals surface area contributed by atoms with Gasteiger partial charge in [-0.2, -0.15) is 0 Å². The molecule has 0 aliphatic carbocycles. The van der Waals surface area contributed by atoms with Crippen molar-refractivity contribution in [2.45, 2.75) is 65.1 Å². The van der Waals surface area contributed by atoms with Gasteiger partial charge >= 0.3 is 0 Å². The van der Waals surface area contributed by atoms with Crippen molar-refractivity contribution in [2.75, 3.05) is 32.8 Å². The number of aliphatic imine (C=N–C) groups is 1. The van der Waals surface area contributed by atoms with Crippen molar-refractivity contribution in [3.8, 4) is 0 Å². The van der Waals surface area contributed by atoms with E-state index in [9.17, 15) is 5.11 Å². The van der Waals surface area contributed by atoms with E-state index >= 15 is 0 Å². The molecule has 0 bridgehead atoms. The highest BCUT2D eigenvalue weighted by molar-refractivity contribution is 5.80. The van der Waals surface area contributed by atoms with Crippen LogP contribution in [0.3, 0.4) is 0 Å². The van der Waals surface area contributed by atoms with Crippen LogP contribution in [0.1, 0.15) is 53.4 Å². The minimum Gasteiger partial charge on any atom is -0.388 e. The Morgan fingerprint density at radius 3 is 2.33 bits per heavy atom. The van der Waals surface area contributed by atoms with Crippen molar-refractivity contribution in [3.63, 3.8) is 0 Å². The largest absolute Gasteiger partial charge is 0.388 e. The fraction of sp³-hybridized carbons (Fsp3) is 0.938. The van der Waals surface area contributed by atoms with Crippen LogP contribution in [-0.4, -0.2) is 60.5 Å². The number of rotatable bonds is 7. The smallest absolute Gasteiger partial charge is 0.194 e. The van der Waals surface area contributed by atoms with Crippen molar-refractivity contribution in [1.29, 1.82) is 0 Å². The second-order valence-electron chi connectivity index (χ2n) is 5.74. The number of likely N-dealkylation sites (tertiary alicyclic amines) is 1. The van der Waals surface area contributed by atoms with Crippen LogP contribution in [0.5, 0.6) is 0 Å². The molecule has 0 aromatic heterocycles. The van der Waals surface area contributed by atoms with Gasteiger partial charge in [0, 0.05) is 26.2 Å². The molecule has 5 heteroatoms. The van der Waals surface area contributed by atoms with E-state index in [-0.39, 0.29) is 0 Å². The summed E-state index contributed by atoms with van der Waals surface area (Å²) in [7, 11) is 0. The van der Waals surface area contributed by atoms with E-state index in [1.807, 2.05) is 20.8 Å². The van der Waals surface area contributed by atoms with E-state index in [4.69, 9.17) is 4.74 Å². The first-order chi connectivity index (χ1) is 10.1. The average molecular weight is 299 g/mol. The van der Waals surface area contributed by atoms with Gasteiger partial charge in [0.05, 0.1) is 18.2 Å². The molecule has 1 heterocycles. The fourth-order valence-corrected chi connectivity index (χ4v) is 2.59. The number of hydrogen-bond acceptors (Lipinski definition) is 3. The average Bonchev–Trinajstić information content (AvgIpc) is 2.52. The Labute approximate surface area is 129 Å². The van der Waals surface area contributed by atoms with Gasteiger partial charge in [0.1, 0.15) is 0 Å². The Morgan fingerprint density at radius 2 is 1.86 bits per heavy atom. The van der Waals surface area contributed by atoms with E-state index in [1.54, 1.807) is 0 Å². The van der Waals surface area contributed by atoms with Gasteiger partial charge < -0.3 is 20.1 Å². The van der Waals surface area contributed by atoms with Crippen LogP contribution in [0.4, 0.5) is 0 Å². The predicted molar refractivity (Wildman–Crippen MR) is 87.7 cm³/mol. The lowest BCUT2D eigenvalue weighted by Crippen LogP contribution is -2.47. The highest BCUT2D eigenvalue weighted by Gasteiger charge is 2.24. The van der Waals surface area contributed by atoms with Crippen LogP contribution in [0.2, 0.25) is 0 Å². The zero-order valence-corrected chi connectivity index (χ0v) is 14.2. The fourth-order valence-electron chi connectivity index (χ4n) is 2.59. The third kappa shape index (κ3) is 5.83. The van der Waals surface area contributed by atoms with Crippen molar-refractivity contribution in [3.05, 3.63) is 0 Å². The molecular formula is C16H33N3O2. The molecule has 21 heavy (non-hydrogen) atoms. The second kappa shape index (κ2) is 9.26. The Morgan fingerprint density at radius 1 is 1.24 bits per heavy atom. The summed E-state index contributed by atoms with van der Waals surface area (Å²) in [6, 6.07) is 0. The SMILES string of the molecule is CCNC(=NCC(O)(CC)CC)N1CCC(OCC)CC1. The molecule has 0 amide bonds. The van der Waals surface area contributed by atoms with Gasteiger partial charge in [-0.3, -0.25) is 4.99 Å². The first-order valence-corrected chi connectivity index (χ1v) is 8.45. The van der Waals surface area contributed by atoms with Crippen LogP contribution in [0.25, 0.3) is 0 Å². The van der Waals surface area contributed by atoms with E-state index in [1.165, 1.54) is 0 Å². The van der Waals surface area contributed by atoms with Gasteiger partial charge in [-0.15, -0.1) is 0 Å². The highest BCUT2D eigenvalue weighted by atomic mass is 16.5. The van der Waals surface area contributed by atoms with Crippen molar-refractivity contribution in [1.82, 2.24) is 10.2 Å². The summed E-state index contributed by atoms with van der Waals surface area (Å²) >= 11 is 0. The quantitative estimate of drug-likeness (QED) is 0.558. The molecule has 1 saturated heterocycles. The van der Waals surface area contributed by atoms with E-state index < -0.39 is 5.60 Å². The number of guanidine groups is 1. The number of nitrogens with one attached hydrogen (secondary N) is 1. The normalized spacial score (nSPS) is 18.1. The topological polar surface area (TPSA) is 57.1 Å². The molecule has 2 N–H and O–H groups in total. The number of nitrogens with zero attached hydrogens (tertiary/aromatic N) is 2. The third-order valence-electron chi connectivity index (χ3n) is 4.32. The van der Waals surface area contributed by atoms with Gasteiger partial charge in [0.25, 0.3) is 0 Å². The van der Waals surface area contributed by atoms with E-state index in [0.717, 1.165) is 57.9 Å². The second-order valence-corrected chi connectivity index (χ2v) is 5.74. The van der Waals surface area contributed by atoms with E-state index in [2.05, 4.69) is 22.1 Å². The molecule has 1 aliphatic heterocycles. The Kier molecular flexibility index (Phi) is 8.04. The number of aliphatic hydroxyl groups is 1. The highest BCUT2D eigenvalue weighted by Crippen LogP contribution is 2.17. The zero-order chi connectivity index (χ0) is 15.7. The molecule has 0 aromatic rings. The molecule has 1 fully saturated rings. The maximum atomic E-state index is 10.4. The van der Waals surface area contributed by atoms with E-state index in [0.29, 0.717) is 12.6 Å². The molecule has 0 spiro atoms. The van der Waals surface area contributed by atoms with Crippen LogP contribution in [0.15, 0.2) is 4.99 Å². The Balaban J connectivity index is 2.61. The third-order valence-corrected chi connectivity index (χ3v) is 4.32. The number of hydrogen-bond donors (Lipinski definition) is 2. The zero-order valence-electron chi connectivity index (χ0n) is 14.2. The number of piperidine rings is 1. The van der Waals surface area contributed by atoms with Crippen molar-refractivity contribution >= 4 is 5.96 Å². The maximum absolute atomic E-state index is 10.4. The molecule has 0 radical (unpaired) electrons. The first-order valence-electron chi connectivity index (χ1n) is 8.45. The molecule has 5 nitrogen and oxygen atoms in total. The summed E-state index contributed by atoms with van der Waals surface area (Å²) in [4.78, 5) is 6.95. The van der Waals surface area contributed by atoms with Gasteiger partial charge in [-0.25, -0.2) is 0 Å². The maximum Gasteiger partial charge on any atom is 0.194 e. The lowest BCUT2D eigenvalue weighted by molar-refractivity contribution is 0.0255. The Bertz CT molecular complexity index is 309. The van der Waals surface area contributed by atoms with Crippen LogP contribution >= 0.6 is 0 Å². The molecule has 0 unspecified atom stereocenters. The molecule has 1 rings (SSSR count).